The summed E-state index contributed by atoms with van der Waals surface area (Å²) in [6.07, 6.45) is -4.40. The van der Waals surface area contributed by atoms with Crippen LogP contribution in [0, 0.1) is 5.92 Å². The number of hydrogen-bond donors (Lipinski definition) is 2. The molecule has 0 heterocycles. The second kappa shape index (κ2) is 7.34. The Labute approximate surface area is 132 Å². The Kier molecular flexibility index (Phi) is 6.00. The highest BCUT2D eigenvalue weighted by molar-refractivity contribution is 5.76. The maximum atomic E-state index is 12.5. The highest BCUT2D eigenvalue weighted by atomic mass is 19.4. The molecule has 23 heavy (non-hydrogen) atoms. The second-order valence-corrected chi connectivity index (χ2v) is 5.41. The van der Waals surface area contributed by atoms with Gasteiger partial charge in [-0.25, -0.2) is 4.79 Å². The number of carboxylic acid groups (broad SMARTS) is 1. The van der Waals surface area contributed by atoms with Crippen molar-refractivity contribution in [2.24, 2.45) is 5.92 Å². The van der Waals surface area contributed by atoms with Gasteiger partial charge in [-0.3, -0.25) is 4.79 Å². The molecule has 1 aromatic carbocycles. The number of aliphatic carboxylic acids is 1. The quantitative estimate of drug-likeness (QED) is 0.870. The Balaban J connectivity index is 2.66. The molecule has 0 aliphatic heterocycles. The molecule has 0 bridgehead atoms. The molecule has 0 radical (unpaired) electrons. The van der Waals surface area contributed by atoms with E-state index in [1.807, 2.05) is 0 Å². The lowest BCUT2D eigenvalue weighted by molar-refractivity contribution is -0.141. The fourth-order valence-corrected chi connectivity index (χ4v) is 1.91. The summed E-state index contributed by atoms with van der Waals surface area (Å²) in [4.78, 5) is 23.9. The third kappa shape index (κ3) is 5.46. The van der Waals surface area contributed by atoms with E-state index >= 15 is 0 Å². The number of urea groups is 1. The molecule has 0 saturated carbocycles. The van der Waals surface area contributed by atoms with Gasteiger partial charge >= 0.3 is 18.2 Å². The summed E-state index contributed by atoms with van der Waals surface area (Å²) in [6.45, 7) is 3.14. The number of rotatable bonds is 5. The van der Waals surface area contributed by atoms with Crippen LogP contribution in [0.15, 0.2) is 24.3 Å². The fourth-order valence-electron chi connectivity index (χ4n) is 1.91. The van der Waals surface area contributed by atoms with Crippen LogP contribution in [-0.4, -0.2) is 35.6 Å². The number of hydrogen-bond acceptors (Lipinski definition) is 2. The highest BCUT2D eigenvalue weighted by Gasteiger charge is 2.30. The zero-order chi connectivity index (χ0) is 17.8. The van der Waals surface area contributed by atoms with E-state index in [9.17, 15) is 22.8 Å². The monoisotopic (exact) mass is 332 g/mol. The number of carbonyl (C=O) groups excluding carboxylic acids is 1. The number of alkyl halides is 3. The van der Waals surface area contributed by atoms with E-state index < -0.39 is 35.7 Å². The van der Waals surface area contributed by atoms with Crippen molar-refractivity contribution in [3.05, 3.63) is 35.4 Å². The summed E-state index contributed by atoms with van der Waals surface area (Å²) >= 11 is 0. The molecule has 8 heteroatoms. The van der Waals surface area contributed by atoms with Crippen LogP contribution >= 0.6 is 0 Å². The molecule has 2 atom stereocenters. The summed E-state index contributed by atoms with van der Waals surface area (Å²) < 4.78 is 37.5. The van der Waals surface area contributed by atoms with Gasteiger partial charge in [-0.05, 0) is 24.6 Å². The maximum Gasteiger partial charge on any atom is 0.416 e. The standard InChI is InChI=1S/C15H19F3N2O3/c1-9(13(21)22)8-20(3)14(23)19-10(2)11-4-6-12(7-5-11)15(16,17)18/h4-7,9-10H,8H2,1-3H3,(H,19,23)(H,21,22)/t9?,10-/m1/s1. The van der Waals surface area contributed by atoms with E-state index in [-0.39, 0.29) is 6.54 Å². The first-order valence-corrected chi connectivity index (χ1v) is 6.94. The Morgan fingerprint density at radius 2 is 1.74 bits per heavy atom. The number of nitrogens with zero attached hydrogens (tertiary/aromatic N) is 1. The summed E-state index contributed by atoms with van der Waals surface area (Å²) in [6, 6.07) is 3.50. The van der Waals surface area contributed by atoms with Gasteiger partial charge in [0.2, 0.25) is 0 Å². The average Bonchev–Trinajstić information content (AvgIpc) is 2.46. The molecule has 1 rings (SSSR count). The van der Waals surface area contributed by atoms with Crippen LogP contribution in [0.5, 0.6) is 0 Å². The molecule has 2 N–H and O–H groups in total. The molecule has 0 spiro atoms. The second-order valence-electron chi connectivity index (χ2n) is 5.41. The van der Waals surface area contributed by atoms with Gasteiger partial charge in [-0.1, -0.05) is 19.1 Å². The van der Waals surface area contributed by atoms with Crippen LogP contribution in [0.25, 0.3) is 0 Å². The van der Waals surface area contributed by atoms with Crippen LogP contribution in [0.1, 0.15) is 31.0 Å². The van der Waals surface area contributed by atoms with E-state index in [1.54, 1.807) is 6.92 Å². The zero-order valence-corrected chi connectivity index (χ0v) is 13.0. The summed E-state index contributed by atoms with van der Waals surface area (Å²) in [5, 5.41) is 11.4. The molecule has 1 aromatic rings. The van der Waals surface area contributed by atoms with E-state index in [0.717, 1.165) is 12.1 Å². The lowest BCUT2D eigenvalue weighted by atomic mass is 10.1. The van der Waals surface area contributed by atoms with Gasteiger partial charge < -0.3 is 15.3 Å². The molecule has 2 amide bonds. The molecule has 0 fully saturated rings. The highest BCUT2D eigenvalue weighted by Crippen LogP contribution is 2.29. The van der Waals surface area contributed by atoms with E-state index in [1.165, 1.54) is 31.0 Å². The van der Waals surface area contributed by atoms with Gasteiger partial charge in [0.1, 0.15) is 0 Å². The zero-order valence-electron chi connectivity index (χ0n) is 13.0. The molecule has 0 aliphatic rings. The molecule has 128 valence electrons. The SMILES string of the molecule is CC(CN(C)C(=O)N[C@H](C)c1ccc(C(F)(F)F)cc1)C(=O)O. The third-order valence-corrected chi connectivity index (χ3v) is 3.39. The van der Waals surface area contributed by atoms with Crippen molar-refractivity contribution in [1.29, 1.82) is 0 Å². The van der Waals surface area contributed by atoms with Crippen LogP contribution in [0.3, 0.4) is 0 Å². The normalized spacial score (nSPS) is 14.0. The molecule has 0 saturated heterocycles. The summed E-state index contributed by atoms with van der Waals surface area (Å²) in [5.41, 5.74) is -0.238. The predicted molar refractivity (Wildman–Crippen MR) is 77.8 cm³/mol. The van der Waals surface area contributed by atoms with Gasteiger partial charge in [0, 0.05) is 13.6 Å². The minimum absolute atomic E-state index is 0.0287. The molecule has 0 aromatic heterocycles. The smallest absolute Gasteiger partial charge is 0.416 e. The Morgan fingerprint density at radius 1 is 1.22 bits per heavy atom. The van der Waals surface area contributed by atoms with Gasteiger partial charge in [-0.2, -0.15) is 13.2 Å². The van der Waals surface area contributed by atoms with E-state index in [4.69, 9.17) is 5.11 Å². The van der Waals surface area contributed by atoms with Crippen LogP contribution in [0.2, 0.25) is 0 Å². The van der Waals surface area contributed by atoms with Gasteiger partial charge in [0.15, 0.2) is 0 Å². The number of nitrogens with one attached hydrogen (secondary N) is 1. The number of halogens is 3. The Morgan fingerprint density at radius 3 is 2.17 bits per heavy atom. The van der Waals surface area contributed by atoms with Gasteiger partial charge in [0.25, 0.3) is 0 Å². The molecular formula is C15H19F3N2O3. The molecule has 5 nitrogen and oxygen atoms in total. The van der Waals surface area contributed by atoms with Crippen molar-refractivity contribution in [1.82, 2.24) is 10.2 Å². The third-order valence-electron chi connectivity index (χ3n) is 3.39. The van der Waals surface area contributed by atoms with Crippen LogP contribution < -0.4 is 5.32 Å². The minimum Gasteiger partial charge on any atom is -0.481 e. The molecular weight excluding hydrogens is 313 g/mol. The van der Waals surface area contributed by atoms with Crippen LogP contribution in [-0.2, 0) is 11.0 Å². The lowest BCUT2D eigenvalue weighted by Gasteiger charge is -2.23. The first-order valence-electron chi connectivity index (χ1n) is 6.94. The first kappa shape index (κ1) is 18.8. The topological polar surface area (TPSA) is 69.6 Å². The van der Waals surface area contributed by atoms with E-state index in [2.05, 4.69) is 5.32 Å². The van der Waals surface area contributed by atoms with Crippen molar-refractivity contribution in [2.75, 3.05) is 13.6 Å². The van der Waals surface area contributed by atoms with Gasteiger partial charge in [0.05, 0.1) is 17.5 Å². The maximum absolute atomic E-state index is 12.5. The largest absolute Gasteiger partial charge is 0.481 e. The summed E-state index contributed by atoms with van der Waals surface area (Å²) in [7, 11) is 1.45. The Hall–Kier alpha value is -2.25. The fraction of sp³-hybridized carbons (Fsp3) is 0.467. The number of benzene rings is 1. The predicted octanol–water partition coefficient (Wildman–Crippen LogP) is 3.13. The minimum atomic E-state index is -4.40. The number of amides is 2. The number of carboxylic acids is 1. The van der Waals surface area contributed by atoms with E-state index in [0.29, 0.717) is 5.56 Å². The van der Waals surface area contributed by atoms with Crippen molar-refractivity contribution < 1.29 is 27.9 Å². The van der Waals surface area contributed by atoms with Gasteiger partial charge in [-0.15, -0.1) is 0 Å². The molecule has 1 unspecified atom stereocenters. The Bertz CT molecular complexity index is 558. The average molecular weight is 332 g/mol. The van der Waals surface area contributed by atoms with Crippen molar-refractivity contribution in [3.63, 3.8) is 0 Å². The number of carbonyl (C=O) groups is 2. The van der Waals surface area contributed by atoms with Crippen molar-refractivity contribution in [3.8, 4) is 0 Å². The van der Waals surface area contributed by atoms with Crippen molar-refractivity contribution in [2.45, 2.75) is 26.1 Å². The van der Waals surface area contributed by atoms with Crippen molar-refractivity contribution >= 4 is 12.0 Å². The van der Waals surface area contributed by atoms with Crippen LogP contribution in [0.4, 0.5) is 18.0 Å². The summed E-state index contributed by atoms with van der Waals surface area (Å²) in [5.74, 6) is -1.73. The first-order chi connectivity index (χ1) is 10.5. The lowest BCUT2D eigenvalue weighted by Crippen LogP contribution is -2.41. The molecule has 0 aliphatic carbocycles.